The van der Waals surface area contributed by atoms with E-state index in [4.69, 9.17) is 4.74 Å². The highest BCUT2D eigenvalue weighted by Crippen LogP contribution is 2.34. The number of likely N-dealkylation sites (tertiary alicyclic amines) is 1. The van der Waals surface area contributed by atoms with Gasteiger partial charge in [-0.25, -0.2) is 4.79 Å². The predicted octanol–water partition coefficient (Wildman–Crippen LogP) is 4.08. The van der Waals surface area contributed by atoms with Crippen molar-refractivity contribution in [1.29, 1.82) is 0 Å². The largest absolute Gasteiger partial charge is 0.497 e. The summed E-state index contributed by atoms with van der Waals surface area (Å²) < 4.78 is 5.30. The number of rotatable bonds is 5. The topological polar surface area (TPSA) is 66.8 Å². The van der Waals surface area contributed by atoms with Gasteiger partial charge in [-0.1, -0.05) is 30.3 Å². The predicted molar refractivity (Wildman–Crippen MR) is 108 cm³/mol. The van der Waals surface area contributed by atoms with Crippen molar-refractivity contribution in [2.24, 2.45) is 0 Å². The average Bonchev–Trinajstić information content (AvgIpc) is 2.73. The van der Waals surface area contributed by atoms with E-state index in [1.807, 2.05) is 55.1 Å². The number of amides is 1. The van der Waals surface area contributed by atoms with Gasteiger partial charge in [0.15, 0.2) is 0 Å². The molecule has 28 heavy (non-hydrogen) atoms. The molecule has 5 heteroatoms. The lowest BCUT2D eigenvalue weighted by Crippen LogP contribution is -2.46. The minimum absolute atomic E-state index is 0.0886. The van der Waals surface area contributed by atoms with Gasteiger partial charge < -0.3 is 14.7 Å². The summed E-state index contributed by atoms with van der Waals surface area (Å²) in [5.74, 6) is 0.0950. The summed E-state index contributed by atoms with van der Waals surface area (Å²) in [5.41, 5.74) is 1.51. The second kappa shape index (κ2) is 8.05. The molecule has 0 saturated carbocycles. The number of piperidine rings is 1. The first-order valence-corrected chi connectivity index (χ1v) is 9.60. The molecule has 0 aromatic heterocycles. The Hall–Kier alpha value is -2.82. The molecule has 148 valence electrons. The van der Waals surface area contributed by atoms with Crippen LogP contribution in [0.3, 0.4) is 0 Å². The van der Waals surface area contributed by atoms with Crippen molar-refractivity contribution >= 4 is 11.9 Å². The molecule has 0 bridgehead atoms. The van der Waals surface area contributed by atoms with Crippen molar-refractivity contribution in [3.05, 3.63) is 65.2 Å². The van der Waals surface area contributed by atoms with Crippen LogP contribution in [0.15, 0.2) is 48.5 Å². The van der Waals surface area contributed by atoms with E-state index in [2.05, 4.69) is 0 Å². The first kappa shape index (κ1) is 19.9. The Balaban J connectivity index is 1.72. The normalized spacial score (nSPS) is 15.3. The monoisotopic (exact) mass is 381 g/mol. The molecule has 0 atom stereocenters. The van der Waals surface area contributed by atoms with Crippen molar-refractivity contribution in [2.75, 3.05) is 20.2 Å². The maximum absolute atomic E-state index is 13.2. The molecule has 0 unspecified atom stereocenters. The standard InChI is InChI=1S/C23H27NO4/c1-23(2,17-7-6-8-18(15-17)28-3)22(27)24-13-11-16(12-14-24)19-9-4-5-10-20(19)21(25)26/h4-10,15-16H,11-14H2,1-3H3,(H,25,26). The maximum atomic E-state index is 13.2. The summed E-state index contributed by atoms with van der Waals surface area (Å²) >= 11 is 0. The highest BCUT2D eigenvalue weighted by Gasteiger charge is 2.36. The van der Waals surface area contributed by atoms with Crippen LogP contribution in [0, 0.1) is 0 Å². The van der Waals surface area contributed by atoms with Crippen molar-refractivity contribution in [1.82, 2.24) is 4.90 Å². The third kappa shape index (κ3) is 3.88. The second-order valence-corrected chi connectivity index (χ2v) is 7.82. The number of carbonyl (C=O) groups excluding carboxylic acids is 1. The lowest BCUT2D eigenvalue weighted by Gasteiger charge is -2.37. The summed E-state index contributed by atoms with van der Waals surface area (Å²) in [6, 6.07) is 14.8. The van der Waals surface area contributed by atoms with Gasteiger partial charge in [0.2, 0.25) is 5.91 Å². The SMILES string of the molecule is COc1cccc(C(C)(C)C(=O)N2CCC(c3ccccc3C(=O)O)CC2)c1. The number of aromatic carboxylic acids is 1. The molecule has 0 spiro atoms. The first-order valence-electron chi connectivity index (χ1n) is 9.60. The van der Waals surface area contributed by atoms with Gasteiger partial charge >= 0.3 is 5.97 Å². The minimum atomic E-state index is -0.895. The maximum Gasteiger partial charge on any atom is 0.335 e. The number of benzene rings is 2. The number of carboxylic acid groups (broad SMARTS) is 1. The number of ether oxygens (including phenoxy) is 1. The molecular formula is C23H27NO4. The molecule has 1 fully saturated rings. The van der Waals surface area contributed by atoms with Crippen LogP contribution < -0.4 is 4.74 Å². The zero-order chi connectivity index (χ0) is 20.3. The Bertz CT molecular complexity index is 866. The van der Waals surface area contributed by atoms with Crippen LogP contribution in [0.5, 0.6) is 5.75 Å². The summed E-state index contributed by atoms with van der Waals surface area (Å²) in [6.07, 6.45) is 1.54. The molecule has 1 amide bonds. The third-order valence-electron chi connectivity index (χ3n) is 5.74. The Kier molecular flexibility index (Phi) is 5.73. The van der Waals surface area contributed by atoms with E-state index < -0.39 is 11.4 Å². The third-order valence-corrected chi connectivity index (χ3v) is 5.74. The quantitative estimate of drug-likeness (QED) is 0.848. The van der Waals surface area contributed by atoms with Crippen LogP contribution in [0.25, 0.3) is 0 Å². The van der Waals surface area contributed by atoms with Crippen molar-refractivity contribution in [3.63, 3.8) is 0 Å². The lowest BCUT2D eigenvalue weighted by atomic mass is 9.81. The van der Waals surface area contributed by atoms with Gasteiger partial charge in [0.05, 0.1) is 18.1 Å². The number of carboxylic acids is 1. The first-order chi connectivity index (χ1) is 13.3. The van der Waals surface area contributed by atoms with Crippen LogP contribution in [-0.2, 0) is 10.2 Å². The van der Waals surface area contributed by atoms with E-state index in [9.17, 15) is 14.7 Å². The number of methoxy groups -OCH3 is 1. The highest BCUT2D eigenvalue weighted by atomic mass is 16.5. The Labute approximate surface area is 165 Å². The van der Waals surface area contributed by atoms with Gasteiger partial charge in [-0.3, -0.25) is 4.79 Å². The molecule has 5 nitrogen and oxygen atoms in total. The molecule has 2 aromatic rings. The molecule has 1 aliphatic heterocycles. The van der Waals surface area contributed by atoms with E-state index in [0.717, 1.165) is 29.7 Å². The van der Waals surface area contributed by atoms with E-state index >= 15 is 0 Å². The van der Waals surface area contributed by atoms with Gasteiger partial charge in [-0.15, -0.1) is 0 Å². The van der Waals surface area contributed by atoms with Gasteiger partial charge in [0.1, 0.15) is 5.75 Å². The second-order valence-electron chi connectivity index (χ2n) is 7.82. The molecule has 1 heterocycles. The summed E-state index contributed by atoms with van der Waals surface area (Å²) in [5, 5.41) is 9.44. The van der Waals surface area contributed by atoms with Gasteiger partial charge in [0.25, 0.3) is 0 Å². The molecule has 0 radical (unpaired) electrons. The van der Waals surface area contributed by atoms with E-state index in [1.165, 1.54) is 0 Å². The highest BCUT2D eigenvalue weighted by molar-refractivity contribution is 5.90. The van der Waals surface area contributed by atoms with Crippen molar-refractivity contribution < 1.29 is 19.4 Å². The van der Waals surface area contributed by atoms with Gasteiger partial charge in [-0.05, 0) is 61.9 Å². The zero-order valence-corrected chi connectivity index (χ0v) is 16.6. The van der Waals surface area contributed by atoms with Gasteiger partial charge in [-0.2, -0.15) is 0 Å². The molecular weight excluding hydrogens is 354 g/mol. The number of hydrogen-bond acceptors (Lipinski definition) is 3. The summed E-state index contributed by atoms with van der Waals surface area (Å²) in [7, 11) is 1.62. The molecule has 2 aromatic carbocycles. The van der Waals surface area contributed by atoms with E-state index in [0.29, 0.717) is 18.7 Å². The Morgan fingerprint density at radius 2 is 1.75 bits per heavy atom. The molecule has 0 aliphatic carbocycles. The summed E-state index contributed by atoms with van der Waals surface area (Å²) in [6.45, 7) is 5.14. The van der Waals surface area contributed by atoms with E-state index in [1.54, 1.807) is 19.2 Å². The molecule has 3 rings (SSSR count). The fourth-order valence-corrected chi connectivity index (χ4v) is 3.97. The number of carbonyl (C=O) groups is 2. The van der Waals surface area contributed by atoms with Crippen molar-refractivity contribution in [2.45, 2.75) is 38.0 Å². The van der Waals surface area contributed by atoms with Crippen LogP contribution in [0.4, 0.5) is 0 Å². The number of hydrogen-bond donors (Lipinski definition) is 1. The van der Waals surface area contributed by atoms with Gasteiger partial charge in [0, 0.05) is 13.1 Å². The van der Waals surface area contributed by atoms with Crippen LogP contribution in [0.1, 0.15) is 54.1 Å². The minimum Gasteiger partial charge on any atom is -0.497 e. The molecule has 1 N–H and O–H groups in total. The van der Waals surface area contributed by atoms with Crippen LogP contribution in [0.2, 0.25) is 0 Å². The summed E-state index contributed by atoms with van der Waals surface area (Å²) in [4.78, 5) is 26.6. The average molecular weight is 381 g/mol. The smallest absolute Gasteiger partial charge is 0.335 e. The Morgan fingerprint density at radius 3 is 2.39 bits per heavy atom. The molecule has 1 aliphatic rings. The van der Waals surface area contributed by atoms with E-state index in [-0.39, 0.29) is 11.8 Å². The lowest BCUT2D eigenvalue weighted by molar-refractivity contribution is -0.137. The van der Waals surface area contributed by atoms with Crippen LogP contribution >= 0.6 is 0 Å². The zero-order valence-electron chi connectivity index (χ0n) is 16.6. The van der Waals surface area contributed by atoms with Crippen molar-refractivity contribution in [3.8, 4) is 5.75 Å². The number of nitrogens with zero attached hydrogens (tertiary/aromatic N) is 1. The Morgan fingerprint density at radius 1 is 1.07 bits per heavy atom. The molecule has 1 saturated heterocycles. The fraction of sp³-hybridized carbons (Fsp3) is 0.391. The fourth-order valence-electron chi connectivity index (χ4n) is 3.97. The van der Waals surface area contributed by atoms with Crippen LogP contribution in [-0.4, -0.2) is 42.1 Å².